The van der Waals surface area contributed by atoms with Crippen LogP contribution < -0.4 is 4.74 Å². The van der Waals surface area contributed by atoms with Crippen molar-refractivity contribution in [2.24, 2.45) is 0 Å². The zero-order valence-corrected chi connectivity index (χ0v) is 11.7. The Morgan fingerprint density at radius 3 is 2.95 bits per heavy atom. The quantitative estimate of drug-likeness (QED) is 0.794. The molecule has 7 heteroatoms. The number of rotatable bonds is 4. The van der Waals surface area contributed by atoms with Gasteiger partial charge in [-0.3, -0.25) is 0 Å². The van der Waals surface area contributed by atoms with Crippen LogP contribution in [0.4, 0.5) is 0 Å². The lowest BCUT2D eigenvalue weighted by Gasteiger charge is -2.10. The van der Waals surface area contributed by atoms with Crippen molar-refractivity contribution in [1.82, 2.24) is 20.2 Å². The maximum Gasteiger partial charge on any atom is 0.215 e. The summed E-state index contributed by atoms with van der Waals surface area (Å²) in [5.74, 6) is 0.685. The van der Waals surface area contributed by atoms with E-state index < -0.39 is 0 Å². The maximum atomic E-state index is 8.87. The molecule has 0 aliphatic rings. The van der Waals surface area contributed by atoms with E-state index in [1.807, 2.05) is 25.1 Å². The highest BCUT2D eigenvalue weighted by molar-refractivity contribution is 8.00. The van der Waals surface area contributed by atoms with E-state index in [0.717, 1.165) is 11.3 Å². The zero-order chi connectivity index (χ0) is 13.8. The topological polar surface area (TPSA) is 76.6 Å². The van der Waals surface area contributed by atoms with Crippen molar-refractivity contribution in [3.05, 3.63) is 23.8 Å². The smallest absolute Gasteiger partial charge is 0.215 e. The summed E-state index contributed by atoms with van der Waals surface area (Å²) in [6, 6.07) is 7.91. The molecule has 0 unspecified atom stereocenters. The Kier molecular flexibility index (Phi) is 4.02. The van der Waals surface area contributed by atoms with Crippen LogP contribution in [0.3, 0.4) is 0 Å². The molecule has 0 amide bonds. The molecule has 0 N–H and O–H groups in total. The molecular formula is C12H13N5OS. The lowest BCUT2D eigenvalue weighted by Crippen LogP contribution is -2.04. The predicted molar refractivity (Wildman–Crippen MR) is 71.4 cm³/mol. The number of nitriles is 1. The van der Waals surface area contributed by atoms with E-state index in [1.54, 1.807) is 18.7 Å². The van der Waals surface area contributed by atoms with Gasteiger partial charge in [0.2, 0.25) is 5.16 Å². The van der Waals surface area contributed by atoms with Crippen LogP contribution >= 0.6 is 11.8 Å². The molecule has 98 valence electrons. The monoisotopic (exact) mass is 275 g/mol. The van der Waals surface area contributed by atoms with Gasteiger partial charge >= 0.3 is 0 Å². The first-order chi connectivity index (χ1) is 9.15. The third-order valence-corrected chi connectivity index (χ3v) is 3.39. The molecule has 0 fully saturated rings. The minimum atomic E-state index is -0.222. The molecule has 0 aliphatic heterocycles. The van der Waals surface area contributed by atoms with Crippen molar-refractivity contribution in [2.45, 2.75) is 24.3 Å². The first-order valence-electron chi connectivity index (χ1n) is 5.65. The second kappa shape index (κ2) is 5.71. The Morgan fingerprint density at radius 1 is 1.47 bits per heavy atom. The molecule has 0 radical (unpaired) electrons. The van der Waals surface area contributed by atoms with Gasteiger partial charge in [-0.05, 0) is 42.0 Å². The summed E-state index contributed by atoms with van der Waals surface area (Å²) in [7, 11) is 1.60. The number of ether oxygens (including phenoxy) is 1. The molecule has 2 rings (SSSR count). The number of hydrogen-bond donors (Lipinski definition) is 0. The maximum absolute atomic E-state index is 8.87. The Morgan fingerprint density at radius 2 is 2.26 bits per heavy atom. The zero-order valence-electron chi connectivity index (χ0n) is 10.9. The van der Waals surface area contributed by atoms with Gasteiger partial charge in [-0.2, -0.15) is 9.94 Å². The van der Waals surface area contributed by atoms with Gasteiger partial charge in [-0.15, -0.1) is 5.10 Å². The van der Waals surface area contributed by atoms with Gasteiger partial charge in [-0.25, -0.2) is 0 Å². The minimum Gasteiger partial charge on any atom is -0.494 e. The fraction of sp³-hybridized carbons (Fsp3) is 0.333. The Bertz CT molecular complexity index is 619. The molecule has 0 aliphatic carbocycles. The van der Waals surface area contributed by atoms with Gasteiger partial charge in [-0.1, -0.05) is 17.8 Å². The van der Waals surface area contributed by atoms with Gasteiger partial charge in [0.05, 0.1) is 18.4 Å². The molecule has 1 heterocycles. The lowest BCUT2D eigenvalue weighted by molar-refractivity contribution is 0.410. The van der Waals surface area contributed by atoms with Gasteiger partial charge in [0.15, 0.2) is 0 Å². The van der Waals surface area contributed by atoms with Crippen molar-refractivity contribution in [3.63, 3.8) is 0 Å². The van der Waals surface area contributed by atoms with Gasteiger partial charge in [0.25, 0.3) is 0 Å². The van der Waals surface area contributed by atoms with E-state index in [0.29, 0.717) is 10.9 Å². The third-order valence-electron chi connectivity index (χ3n) is 2.47. The predicted octanol–water partition coefficient (Wildman–Crippen LogP) is 1.98. The summed E-state index contributed by atoms with van der Waals surface area (Å²) in [5, 5.41) is 20.8. The Hall–Kier alpha value is -2.07. The average molecular weight is 275 g/mol. The van der Waals surface area contributed by atoms with Crippen molar-refractivity contribution in [3.8, 4) is 17.5 Å². The van der Waals surface area contributed by atoms with Crippen LogP contribution in [0, 0.1) is 18.3 Å². The van der Waals surface area contributed by atoms with Crippen LogP contribution in [-0.2, 0) is 0 Å². The second-order valence-corrected chi connectivity index (χ2v) is 5.25. The number of hydrogen-bond acceptors (Lipinski definition) is 6. The molecule has 0 bridgehead atoms. The standard InChI is InChI=1S/C12H13N5OS/c1-8-4-5-11(18-3)10(6-8)17-12(14-15-16-17)19-9(2)7-13/h4-6,9H,1-3H3/t9-/m1/s1. The molecule has 1 atom stereocenters. The number of benzene rings is 1. The van der Waals surface area contributed by atoms with Crippen LogP contribution in [-0.4, -0.2) is 32.6 Å². The highest BCUT2D eigenvalue weighted by atomic mass is 32.2. The average Bonchev–Trinajstić information content (AvgIpc) is 2.86. The highest BCUT2D eigenvalue weighted by Gasteiger charge is 2.15. The summed E-state index contributed by atoms with van der Waals surface area (Å²) >= 11 is 1.31. The van der Waals surface area contributed by atoms with Crippen LogP contribution in [0.5, 0.6) is 5.75 Å². The number of methoxy groups -OCH3 is 1. The molecule has 0 spiro atoms. The van der Waals surface area contributed by atoms with Crippen molar-refractivity contribution >= 4 is 11.8 Å². The molecule has 1 aromatic carbocycles. The van der Waals surface area contributed by atoms with Gasteiger partial charge < -0.3 is 4.74 Å². The van der Waals surface area contributed by atoms with Crippen LogP contribution in [0.1, 0.15) is 12.5 Å². The summed E-state index contributed by atoms with van der Waals surface area (Å²) < 4.78 is 6.91. The van der Waals surface area contributed by atoms with Crippen molar-refractivity contribution < 1.29 is 4.74 Å². The number of nitrogens with zero attached hydrogens (tertiary/aromatic N) is 5. The Labute approximate surface area is 115 Å². The van der Waals surface area contributed by atoms with E-state index in [-0.39, 0.29) is 5.25 Å². The molecule has 0 saturated heterocycles. The highest BCUT2D eigenvalue weighted by Crippen LogP contribution is 2.28. The van der Waals surface area contributed by atoms with Crippen molar-refractivity contribution in [1.29, 1.82) is 5.26 Å². The van der Waals surface area contributed by atoms with Crippen LogP contribution in [0.2, 0.25) is 0 Å². The van der Waals surface area contributed by atoms with Crippen LogP contribution in [0.25, 0.3) is 5.69 Å². The third kappa shape index (κ3) is 2.85. The summed E-state index contributed by atoms with van der Waals surface area (Å²) in [6.07, 6.45) is 0. The molecule has 6 nitrogen and oxygen atoms in total. The minimum absolute atomic E-state index is 0.222. The first kappa shape index (κ1) is 13.4. The fourth-order valence-corrected chi connectivity index (χ4v) is 2.24. The summed E-state index contributed by atoms with van der Waals surface area (Å²) in [5.41, 5.74) is 1.84. The van der Waals surface area contributed by atoms with Crippen molar-refractivity contribution in [2.75, 3.05) is 7.11 Å². The largest absolute Gasteiger partial charge is 0.494 e. The van der Waals surface area contributed by atoms with E-state index in [1.165, 1.54) is 11.8 Å². The molecular weight excluding hydrogens is 262 g/mol. The van der Waals surface area contributed by atoms with E-state index in [4.69, 9.17) is 10.00 Å². The Balaban J connectivity index is 2.45. The van der Waals surface area contributed by atoms with E-state index >= 15 is 0 Å². The number of aromatic nitrogens is 4. The fourth-order valence-electron chi connectivity index (χ4n) is 1.55. The molecule has 0 saturated carbocycles. The number of thioether (sulfide) groups is 1. The molecule has 2 aromatic rings. The molecule has 1 aromatic heterocycles. The molecule has 19 heavy (non-hydrogen) atoms. The SMILES string of the molecule is COc1ccc(C)cc1-n1nnnc1S[C@H](C)C#N. The van der Waals surface area contributed by atoms with Gasteiger partial charge in [0, 0.05) is 0 Å². The first-order valence-corrected chi connectivity index (χ1v) is 6.53. The second-order valence-electron chi connectivity index (χ2n) is 3.94. The summed E-state index contributed by atoms with van der Waals surface area (Å²) in [4.78, 5) is 0. The summed E-state index contributed by atoms with van der Waals surface area (Å²) in [6.45, 7) is 3.79. The number of tetrazole rings is 1. The van der Waals surface area contributed by atoms with Crippen LogP contribution in [0.15, 0.2) is 23.4 Å². The normalized spacial score (nSPS) is 11.9. The van der Waals surface area contributed by atoms with E-state index in [2.05, 4.69) is 21.6 Å². The lowest BCUT2D eigenvalue weighted by atomic mass is 10.2. The van der Waals surface area contributed by atoms with E-state index in [9.17, 15) is 0 Å². The number of aryl methyl sites for hydroxylation is 1. The van der Waals surface area contributed by atoms with Gasteiger partial charge in [0.1, 0.15) is 11.4 Å².